The molecule has 0 radical (unpaired) electrons. The molecule has 2 rings (SSSR count). The van der Waals surface area contributed by atoms with Crippen molar-refractivity contribution in [3.05, 3.63) is 17.3 Å². The zero-order valence-corrected chi connectivity index (χ0v) is 8.88. The van der Waals surface area contributed by atoms with Crippen molar-refractivity contribution in [2.24, 2.45) is 0 Å². The van der Waals surface area contributed by atoms with Gasteiger partial charge in [-0.25, -0.2) is 14.6 Å². The van der Waals surface area contributed by atoms with Crippen molar-refractivity contribution < 1.29 is 29.0 Å². The van der Waals surface area contributed by atoms with Crippen molar-refractivity contribution in [1.29, 1.82) is 0 Å². The van der Waals surface area contributed by atoms with Crippen molar-refractivity contribution in [1.82, 2.24) is 4.98 Å². The molecule has 0 spiro atoms. The maximum Gasteiger partial charge on any atom is 0.374 e. The lowest BCUT2D eigenvalue weighted by Gasteiger charge is -2.18. The van der Waals surface area contributed by atoms with Crippen LogP contribution in [0, 0.1) is 0 Å². The van der Waals surface area contributed by atoms with Crippen LogP contribution in [0.15, 0.2) is 4.42 Å². The summed E-state index contributed by atoms with van der Waals surface area (Å²) in [6.07, 6.45) is 1.30. The van der Waals surface area contributed by atoms with E-state index in [-0.39, 0.29) is 11.8 Å². The summed E-state index contributed by atoms with van der Waals surface area (Å²) < 4.78 is 10.2. The second kappa shape index (κ2) is 4.54. The molecule has 0 unspecified atom stereocenters. The normalized spacial score (nSPS) is 16.9. The fourth-order valence-corrected chi connectivity index (χ4v) is 1.75. The number of oxazole rings is 1. The lowest BCUT2D eigenvalue weighted by Crippen LogP contribution is -2.14. The van der Waals surface area contributed by atoms with Crippen LogP contribution in [0.4, 0.5) is 0 Å². The summed E-state index contributed by atoms with van der Waals surface area (Å²) in [5.41, 5.74) is -0.543. The highest BCUT2D eigenvalue weighted by molar-refractivity contribution is 5.98. The largest absolute Gasteiger partial charge is 0.476 e. The van der Waals surface area contributed by atoms with Crippen molar-refractivity contribution in [2.45, 2.75) is 18.8 Å². The minimum atomic E-state index is -1.42. The Hall–Kier alpha value is -1.89. The summed E-state index contributed by atoms with van der Waals surface area (Å²) in [6, 6.07) is 0. The fourth-order valence-electron chi connectivity index (χ4n) is 1.75. The van der Waals surface area contributed by atoms with Crippen molar-refractivity contribution in [3.8, 4) is 0 Å². The molecular weight excluding hydrogens is 230 g/mol. The lowest BCUT2D eigenvalue weighted by atomic mass is 10.0. The second-order valence-corrected chi connectivity index (χ2v) is 3.73. The van der Waals surface area contributed by atoms with E-state index in [4.69, 9.17) is 19.4 Å². The number of carbonyl (C=O) groups is 2. The van der Waals surface area contributed by atoms with E-state index in [0.29, 0.717) is 26.1 Å². The summed E-state index contributed by atoms with van der Waals surface area (Å²) in [5, 5.41) is 17.6. The Morgan fingerprint density at radius 3 is 2.29 bits per heavy atom. The van der Waals surface area contributed by atoms with Gasteiger partial charge in [0.15, 0.2) is 5.89 Å². The number of hydrogen-bond acceptors (Lipinski definition) is 5. The Labute approximate surface area is 96.0 Å². The number of hydrogen-bond donors (Lipinski definition) is 2. The first-order chi connectivity index (χ1) is 8.09. The monoisotopic (exact) mass is 241 g/mol. The van der Waals surface area contributed by atoms with Gasteiger partial charge in [0.25, 0.3) is 0 Å². The summed E-state index contributed by atoms with van der Waals surface area (Å²) in [5.74, 6) is -3.34. The molecule has 1 saturated heterocycles. The lowest BCUT2D eigenvalue weighted by molar-refractivity contribution is 0.0616. The molecule has 0 bridgehead atoms. The van der Waals surface area contributed by atoms with E-state index in [0.717, 1.165) is 0 Å². The van der Waals surface area contributed by atoms with Gasteiger partial charge in [-0.05, 0) is 12.8 Å². The van der Waals surface area contributed by atoms with Crippen LogP contribution < -0.4 is 0 Å². The molecule has 0 aromatic carbocycles. The Balaban J connectivity index is 2.32. The minimum absolute atomic E-state index is 0.0741. The van der Waals surface area contributed by atoms with Crippen LogP contribution >= 0.6 is 0 Å². The topological polar surface area (TPSA) is 110 Å². The molecule has 17 heavy (non-hydrogen) atoms. The van der Waals surface area contributed by atoms with E-state index in [9.17, 15) is 9.59 Å². The van der Waals surface area contributed by atoms with E-state index in [1.807, 2.05) is 0 Å². The molecule has 1 fully saturated rings. The molecule has 0 amide bonds. The zero-order valence-electron chi connectivity index (χ0n) is 8.88. The first-order valence-corrected chi connectivity index (χ1v) is 5.14. The molecule has 7 nitrogen and oxygen atoms in total. The first-order valence-electron chi connectivity index (χ1n) is 5.14. The molecule has 0 atom stereocenters. The summed E-state index contributed by atoms with van der Waals surface area (Å²) in [6.45, 7) is 1.08. The molecule has 1 aromatic heterocycles. The molecule has 0 aliphatic carbocycles. The molecular formula is C10H11NO6. The third-order valence-corrected chi connectivity index (χ3v) is 2.61. The Bertz CT molecular complexity index is 414. The third kappa shape index (κ3) is 2.28. The van der Waals surface area contributed by atoms with Gasteiger partial charge >= 0.3 is 11.9 Å². The number of aromatic carboxylic acids is 2. The number of carboxylic acids is 2. The number of rotatable bonds is 3. The van der Waals surface area contributed by atoms with E-state index in [2.05, 4.69) is 4.98 Å². The average Bonchev–Trinajstić information content (AvgIpc) is 2.75. The number of nitrogens with zero attached hydrogens (tertiary/aromatic N) is 1. The minimum Gasteiger partial charge on any atom is -0.476 e. The summed E-state index contributed by atoms with van der Waals surface area (Å²) in [7, 11) is 0. The second-order valence-electron chi connectivity index (χ2n) is 3.73. The van der Waals surface area contributed by atoms with Crippen molar-refractivity contribution in [3.63, 3.8) is 0 Å². The molecule has 2 N–H and O–H groups in total. The molecule has 0 saturated carbocycles. The smallest absolute Gasteiger partial charge is 0.374 e. The van der Waals surface area contributed by atoms with E-state index < -0.39 is 23.4 Å². The van der Waals surface area contributed by atoms with Gasteiger partial charge < -0.3 is 19.4 Å². The van der Waals surface area contributed by atoms with Gasteiger partial charge in [0.1, 0.15) is 0 Å². The summed E-state index contributed by atoms with van der Waals surface area (Å²) in [4.78, 5) is 25.4. The van der Waals surface area contributed by atoms with Crippen LogP contribution in [0.25, 0.3) is 0 Å². The van der Waals surface area contributed by atoms with Gasteiger partial charge in [-0.15, -0.1) is 0 Å². The highest BCUT2D eigenvalue weighted by Gasteiger charge is 2.29. The van der Waals surface area contributed by atoms with Crippen LogP contribution in [0.1, 0.15) is 45.7 Å². The quantitative estimate of drug-likeness (QED) is 0.810. The van der Waals surface area contributed by atoms with E-state index >= 15 is 0 Å². The van der Waals surface area contributed by atoms with Gasteiger partial charge in [-0.1, -0.05) is 0 Å². The zero-order chi connectivity index (χ0) is 12.4. The van der Waals surface area contributed by atoms with Gasteiger partial charge in [0.2, 0.25) is 11.5 Å². The maximum atomic E-state index is 10.8. The highest BCUT2D eigenvalue weighted by atomic mass is 16.5. The van der Waals surface area contributed by atoms with Crippen LogP contribution in [0.3, 0.4) is 0 Å². The third-order valence-electron chi connectivity index (χ3n) is 2.61. The van der Waals surface area contributed by atoms with Crippen molar-refractivity contribution in [2.75, 3.05) is 13.2 Å². The number of ether oxygens (including phenoxy) is 1. The van der Waals surface area contributed by atoms with Gasteiger partial charge in [-0.3, -0.25) is 0 Å². The standard InChI is InChI=1S/C10H11NO6/c12-9(13)6-7(10(14)15)17-8(11-6)5-1-3-16-4-2-5/h5H,1-4H2,(H,12,13)(H,14,15). The molecule has 7 heteroatoms. The van der Waals surface area contributed by atoms with Crippen LogP contribution in [-0.2, 0) is 4.74 Å². The fraction of sp³-hybridized carbons (Fsp3) is 0.500. The molecule has 1 aromatic rings. The predicted octanol–water partition coefficient (Wildman–Crippen LogP) is 0.965. The van der Waals surface area contributed by atoms with Gasteiger partial charge in [-0.2, -0.15) is 0 Å². The molecule has 1 aliphatic heterocycles. The Morgan fingerprint density at radius 1 is 1.18 bits per heavy atom. The Morgan fingerprint density at radius 2 is 1.82 bits per heavy atom. The highest BCUT2D eigenvalue weighted by Crippen LogP contribution is 2.27. The van der Waals surface area contributed by atoms with Gasteiger partial charge in [0.05, 0.1) is 0 Å². The van der Waals surface area contributed by atoms with Crippen molar-refractivity contribution >= 4 is 11.9 Å². The SMILES string of the molecule is O=C(O)c1nc(C2CCOCC2)oc1C(=O)O. The summed E-state index contributed by atoms with van der Waals surface area (Å²) >= 11 is 0. The molecule has 1 aliphatic rings. The average molecular weight is 241 g/mol. The van der Waals surface area contributed by atoms with Crippen LogP contribution in [-0.4, -0.2) is 40.3 Å². The number of aromatic nitrogens is 1. The predicted molar refractivity (Wildman–Crippen MR) is 53.2 cm³/mol. The van der Waals surface area contributed by atoms with Crippen LogP contribution in [0.5, 0.6) is 0 Å². The molecule has 92 valence electrons. The molecule has 2 heterocycles. The van der Waals surface area contributed by atoms with E-state index in [1.54, 1.807) is 0 Å². The first kappa shape index (κ1) is 11.6. The maximum absolute atomic E-state index is 10.8. The van der Waals surface area contributed by atoms with Crippen LogP contribution in [0.2, 0.25) is 0 Å². The van der Waals surface area contributed by atoms with Gasteiger partial charge in [0, 0.05) is 19.1 Å². The number of carboxylic acid groups (broad SMARTS) is 2. The Kier molecular flexibility index (Phi) is 3.10. The van der Waals surface area contributed by atoms with E-state index in [1.165, 1.54) is 0 Å².